The van der Waals surface area contributed by atoms with E-state index in [0.717, 1.165) is 56.1 Å². The van der Waals surface area contributed by atoms with Crippen molar-refractivity contribution in [2.45, 2.75) is 191 Å². The quantitative estimate of drug-likeness (QED) is 0.0586. The number of carbonyl (C=O) groups is 2. The summed E-state index contributed by atoms with van der Waals surface area (Å²) in [7, 11) is -10.7. The highest BCUT2D eigenvalue weighted by atomic mass is 35.5. The molecule has 0 saturated heterocycles. The SMILES string of the molecule is CC(C)c1cncc(C(C)C)c1CC(=O)NS(=O)(=O)c1sc(C(C)(C)O)nc1CO.CC(C)c1cncc(C(C)C)c1CC(=O)NS(=O)(=O)c1sc(C(C)(C)O)nc1CO[Si](C)(C)C(C)(C)C.Cl. The van der Waals surface area contributed by atoms with Crippen molar-refractivity contribution < 1.29 is 46.2 Å². The number of aliphatic hydroxyl groups excluding tert-OH is 1. The molecule has 4 rings (SSSR count). The van der Waals surface area contributed by atoms with E-state index in [1.165, 1.54) is 13.8 Å². The van der Waals surface area contributed by atoms with Crippen LogP contribution in [0.2, 0.25) is 18.1 Å². The Morgan fingerprint density at radius 1 is 0.632 bits per heavy atom. The van der Waals surface area contributed by atoms with E-state index >= 15 is 0 Å². The molecule has 382 valence electrons. The molecule has 0 unspecified atom stereocenters. The Balaban J connectivity index is 0.000000470. The molecular formula is C46H73ClN6O10S4Si. The summed E-state index contributed by atoms with van der Waals surface area (Å²) in [6.07, 6.45) is 6.68. The zero-order valence-corrected chi connectivity index (χ0v) is 47.6. The average Bonchev–Trinajstić information content (AvgIpc) is 3.83. The molecule has 0 radical (unpaired) electrons. The van der Waals surface area contributed by atoms with Crippen molar-refractivity contribution in [3.8, 4) is 0 Å². The van der Waals surface area contributed by atoms with E-state index < -0.39 is 58.0 Å². The Kier molecular flexibility index (Phi) is 20.9. The van der Waals surface area contributed by atoms with Crippen LogP contribution in [0.3, 0.4) is 0 Å². The fourth-order valence-corrected chi connectivity index (χ4v) is 12.4. The predicted molar refractivity (Wildman–Crippen MR) is 273 cm³/mol. The van der Waals surface area contributed by atoms with Crippen LogP contribution in [0.25, 0.3) is 0 Å². The summed E-state index contributed by atoms with van der Waals surface area (Å²) >= 11 is 1.59. The van der Waals surface area contributed by atoms with E-state index in [0.29, 0.717) is 0 Å². The highest BCUT2D eigenvalue weighted by Crippen LogP contribution is 2.39. The molecule has 68 heavy (non-hydrogen) atoms. The lowest BCUT2D eigenvalue weighted by molar-refractivity contribution is -0.119. The summed E-state index contributed by atoms with van der Waals surface area (Å²) in [5.74, 6) is -0.836. The molecule has 0 aliphatic rings. The average molecular weight is 1060 g/mol. The molecular weight excluding hydrogens is 988 g/mol. The van der Waals surface area contributed by atoms with Gasteiger partial charge in [-0.3, -0.25) is 19.6 Å². The van der Waals surface area contributed by atoms with Gasteiger partial charge in [0.05, 0.1) is 37.4 Å². The highest BCUT2D eigenvalue weighted by Gasteiger charge is 2.39. The van der Waals surface area contributed by atoms with Gasteiger partial charge in [0, 0.05) is 24.8 Å². The van der Waals surface area contributed by atoms with Crippen LogP contribution in [0, 0.1) is 0 Å². The lowest BCUT2D eigenvalue weighted by atomic mass is 9.89. The Morgan fingerprint density at radius 3 is 1.22 bits per heavy atom. The van der Waals surface area contributed by atoms with Crippen molar-refractivity contribution in [2.75, 3.05) is 0 Å². The molecule has 4 aromatic heterocycles. The third kappa shape index (κ3) is 15.6. The number of carbonyl (C=O) groups excluding carboxylic acids is 2. The van der Waals surface area contributed by atoms with Crippen molar-refractivity contribution in [1.29, 1.82) is 0 Å². The van der Waals surface area contributed by atoms with Gasteiger partial charge in [0.15, 0.2) is 16.7 Å². The van der Waals surface area contributed by atoms with Crippen molar-refractivity contribution in [2.24, 2.45) is 0 Å². The fourth-order valence-electron chi connectivity index (χ4n) is 6.50. The monoisotopic (exact) mass is 1060 g/mol. The third-order valence-electron chi connectivity index (χ3n) is 11.3. The molecule has 0 aromatic carbocycles. The van der Waals surface area contributed by atoms with Gasteiger partial charge in [0.25, 0.3) is 20.0 Å². The predicted octanol–water partition coefficient (Wildman–Crippen LogP) is 8.56. The number of aliphatic hydroxyl groups is 3. The Hall–Kier alpha value is -3.25. The molecule has 4 heterocycles. The second-order valence-corrected chi connectivity index (χ2v) is 31.0. The smallest absolute Gasteiger partial charge is 0.275 e. The number of thiazole rings is 2. The number of rotatable bonds is 18. The summed E-state index contributed by atoms with van der Waals surface area (Å²) < 4.78 is 62.7. The molecule has 0 saturated carbocycles. The van der Waals surface area contributed by atoms with Gasteiger partial charge >= 0.3 is 0 Å². The van der Waals surface area contributed by atoms with Gasteiger partial charge in [-0.25, -0.2) is 36.2 Å². The second kappa shape index (κ2) is 23.3. The summed E-state index contributed by atoms with van der Waals surface area (Å²) in [4.78, 5) is 42.8. The molecule has 0 atom stereocenters. The molecule has 0 fully saturated rings. The van der Waals surface area contributed by atoms with E-state index in [9.17, 15) is 41.7 Å². The number of sulfonamides is 2. The topological polar surface area (TPSA) is 248 Å². The Morgan fingerprint density at radius 2 is 0.941 bits per heavy atom. The van der Waals surface area contributed by atoms with Crippen LogP contribution in [0.4, 0.5) is 0 Å². The molecule has 0 aliphatic carbocycles. The molecule has 4 aromatic rings. The minimum absolute atomic E-state index is 0. The minimum Gasteiger partial charge on any atom is -0.411 e. The van der Waals surface area contributed by atoms with Gasteiger partial charge in [-0.2, -0.15) is 0 Å². The van der Waals surface area contributed by atoms with E-state index in [2.05, 4.69) is 63.2 Å². The molecule has 0 aliphatic heterocycles. The number of aromatic nitrogens is 4. The Bertz CT molecular complexity index is 2560. The second-order valence-electron chi connectivity index (χ2n) is 20.5. The highest BCUT2D eigenvalue weighted by molar-refractivity contribution is 7.92. The van der Waals surface area contributed by atoms with E-state index in [4.69, 9.17) is 4.43 Å². The van der Waals surface area contributed by atoms with Gasteiger partial charge in [0.1, 0.15) is 21.2 Å². The Labute approximate surface area is 419 Å². The maximum Gasteiger partial charge on any atom is 0.275 e. The van der Waals surface area contributed by atoms with Gasteiger partial charge in [0.2, 0.25) is 11.8 Å². The number of pyridine rings is 2. The number of halogens is 1. The van der Waals surface area contributed by atoms with Gasteiger partial charge in [-0.05, 0) is 103 Å². The van der Waals surface area contributed by atoms with Crippen molar-refractivity contribution in [3.05, 3.63) is 79.6 Å². The van der Waals surface area contributed by atoms with Crippen LogP contribution in [-0.2, 0) is 71.3 Å². The summed E-state index contributed by atoms with van der Waals surface area (Å²) in [5.41, 5.74) is 2.58. The first-order valence-electron chi connectivity index (χ1n) is 22.2. The van der Waals surface area contributed by atoms with Gasteiger partial charge in [-0.15, -0.1) is 35.1 Å². The maximum atomic E-state index is 13.5. The third-order valence-corrected chi connectivity index (χ3v) is 22.4. The zero-order chi connectivity index (χ0) is 51.4. The van der Waals surface area contributed by atoms with Crippen molar-refractivity contribution in [1.82, 2.24) is 29.4 Å². The molecule has 5 N–H and O–H groups in total. The molecule has 22 heteroatoms. The van der Waals surface area contributed by atoms with E-state index in [-0.39, 0.29) is 90.4 Å². The van der Waals surface area contributed by atoms with Crippen LogP contribution in [0.5, 0.6) is 0 Å². The van der Waals surface area contributed by atoms with Crippen molar-refractivity contribution in [3.63, 3.8) is 0 Å². The zero-order valence-electron chi connectivity index (χ0n) is 42.5. The molecule has 2 amide bonds. The van der Waals surface area contributed by atoms with Crippen LogP contribution < -0.4 is 9.44 Å². The van der Waals surface area contributed by atoms with E-state index in [1.54, 1.807) is 38.6 Å². The van der Waals surface area contributed by atoms with E-state index in [1.807, 2.05) is 55.4 Å². The molecule has 0 spiro atoms. The first-order valence-corrected chi connectivity index (χ1v) is 29.7. The normalized spacial score (nSPS) is 12.9. The molecule has 16 nitrogen and oxygen atoms in total. The largest absolute Gasteiger partial charge is 0.411 e. The van der Waals surface area contributed by atoms with Crippen molar-refractivity contribution >= 4 is 75.3 Å². The number of amides is 2. The standard InChI is InChI=1S/C26H43N3O5S2Si.C20H29N3O5S2.ClH/c1-16(2)19-13-27-14-20(17(3)4)18(19)12-22(30)29-36(32,33)23-21(28-24(35-23)26(8,9)31)15-34-37(10,11)25(5,6)7;1-11(2)14-8-21-9-15(12(3)4)13(14)7-17(25)23-30(27,28)18-16(10-24)22-19(29-18)20(5,6)26;/h13-14,16-17,31H,12,15H2,1-11H3,(H,29,30);8-9,11-12,24,26H,7,10H2,1-6H3,(H,23,25);1H. The summed E-state index contributed by atoms with van der Waals surface area (Å²) in [6.45, 7) is 31.8. The van der Waals surface area contributed by atoms with Gasteiger partial charge < -0.3 is 19.7 Å². The summed E-state index contributed by atoms with van der Waals surface area (Å²) in [6, 6.07) is 0. The fraction of sp³-hybridized carbons (Fsp3) is 0.609. The minimum atomic E-state index is -4.26. The van der Waals surface area contributed by atoms with Crippen LogP contribution in [0.1, 0.15) is 182 Å². The lowest BCUT2D eigenvalue weighted by Crippen LogP contribution is -2.40. The number of hydrogen-bond donors (Lipinski definition) is 5. The van der Waals surface area contributed by atoms with Gasteiger partial charge in [-0.1, -0.05) is 76.2 Å². The van der Waals surface area contributed by atoms with Crippen LogP contribution in [0.15, 0.2) is 33.2 Å². The first-order chi connectivity index (χ1) is 30.4. The molecule has 0 bridgehead atoms. The first kappa shape index (κ1) is 60.9. The number of nitrogens with one attached hydrogen (secondary N) is 2. The number of hydrogen-bond acceptors (Lipinski definition) is 16. The summed E-state index contributed by atoms with van der Waals surface area (Å²) in [5, 5.41) is 30.4. The lowest BCUT2D eigenvalue weighted by Gasteiger charge is -2.36. The van der Waals surface area contributed by atoms with Crippen LogP contribution >= 0.6 is 35.1 Å². The van der Waals surface area contributed by atoms with Crippen LogP contribution in [-0.4, -0.2) is 72.2 Å². The number of nitrogens with zero attached hydrogens (tertiary/aromatic N) is 4. The maximum absolute atomic E-state index is 13.5.